The summed E-state index contributed by atoms with van der Waals surface area (Å²) in [6.07, 6.45) is 0.235. The molecule has 0 heterocycles. The maximum Gasteiger partial charge on any atom is 0.305 e. The molecule has 0 bridgehead atoms. The Labute approximate surface area is 230 Å². The van der Waals surface area contributed by atoms with E-state index in [0.717, 1.165) is 0 Å². The first-order valence-corrected chi connectivity index (χ1v) is 12.8. The second-order valence-corrected chi connectivity index (χ2v) is 9.49. The lowest BCUT2D eigenvalue weighted by Gasteiger charge is -2.30. The summed E-state index contributed by atoms with van der Waals surface area (Å²) >= 11 is 0. The molecule has 2 aromatic carbocycles. The Kier molecular flexibility index (Phi) is 10.3. The van der Waals surface area contributed by atoms with E-state index in [0.29, 0.717) is 30.0 Å². The quantitative estimate of drug-likeness (QED) is 0.173. The van der Waals surface area contributed by atoms with Crippen LogP contribution in [0.15, 0.2) is 54.6 Å². The zero-order valence-corrected chi connectivity index (χ0v) is 21.6. The molecule has 1 saturated carbocycles. The molecule has 1 aliphatic carbocycles. The highest BCUT2D eigenvalue weighted by Gasteiger charge is 2.49. The topological polar surface area (TPSA) is 188 Å². The van der Waals surface area contributed by atoms with Crippen molar-refractivity contribution >= 4 is 41.6 Å². The van der Waals surface area contributed by atoms with Gasteiger partial charge < -0.3 is 35.7 Å². The third kappa shape index (κ3) is 8.13. The normalized spacial score (nSPS) is 15.2. The Bertz CT molecular complexity index is 1240. The lowest BCUT2D eigenvalue weighted by Crippen LogP contribution is -2.56. The first-order chi connectivity index (χ1) is 19.1. The summed E-state index contributed by atoms with van der Waals surface area (Å²) in [5.74, 6) is -3.78. The van der Waals surface area contributed by atoms with Gasteiger partial charge in [-0.25, -0.2) is 0 Å². The van der Waals surface area contributed by atoms with E-state index in [2.05, 4.69) is 16.0 Å². The van der Waals surface area contributed by atoms with E-state index >= 15 is 0 Å². The molecule has 212 valence electrons. The molecule has 2 atom stereocenters. The molecule has 5 N–H and O–H groups in total. The number of amides is 3. The summed E-state index contributed by atoms with van der Waals surface area (Å²) in [5.41, 5.74) is -1.30. The van der Waals surface area contributed by atoms with Crippen LogP contribution in [0.1, 0.15) is 44.9 Å². The van der Waals surface area contributed by atoms with Crippen molar-refractivity contribution in [2.24, 2.45) is 5.41 Å². The summed E-state index contributed by atoms with van der Waals surface area (Å²) in [6.45, 7) is 0. The number of carboxylic acids is 2. The van der Waals surface area contributed by atoms with Crippen LogP contribution in [0.25, 0.3) is 0 Å². The second kappa shape index (κ2) is 13.9. The summed E-state index contributed by atoms with van der Waals surface area (Å²) in [6, 6.07) is 12.8. The van der Waals surface area contributed by atoms with Crippen molar-refractivity contribution in [2.75, 3.05) is 5.32 Å². The predicted molar refractivity (Wildman–Crippen MR) is 142 cm³/mol. The van der Waals surface area contributed by atoms with Crippen LogP contribution in [-0.2, 0) is 28.8 Å². The fourth-order valence-corrected chi connectivity index (χ4v) is 4.49. The molecule has 12 heteroatoms. The number of benzene rings is 2. The molecule has 0 aromatic heterocycles. The van der Waals surface area contributed by atoms with E-state index in [1.165, 1.54) is 0 Å². The average Bonchev–Trinajstić information content (AvgIpc) is 3.42. The molecule has 0 radical (unpaired) electrons. The first kappa shape index (κ1) is 29.8. The minimum atomic E-state index is -1.63. The molecule has 2 unspecified atom stereocenters. The van der Waals surface area contributed by atoms with Crippen molar-refractivity contribution in [1.82, 2.24) is 10.6 Å². The highest BCUT2D eigenvalue weighted by atomic mass is 16.5. The minimum absolute atomic E-state index is 0.120. The molecule has 0 spiro atoms. The molecule has 0 saturated heterocycles. The molecule has 3 amide bonds. The third-order valence-corrected chi connectivity index (χ3v) is 6.55. The van der Waals surface area contributed by atoms with Crippen LogP contribution in [0.5, 0.6) is 11.5 Å². The monoisotopic (exact) mass is 553 g/mol. The van der Waals surface area contributed by atoms with Crippen molar-refractivity contribution in [3.8, 4) is 11.5 Å². The van der Waals surface area contributed by atoms with Crippen LogP contribution in [-0.4, -0.2) is 58.2 Å². The van der Waals surface area contributed by atoms with Gasteiger partial charge in [-0.2, -0.15) is 0 Å². The number of carbonyl (C=O) groups excluding carboxylic acids is 4. The van der Waals surface area contributed by atoms with Gasteiger partial charge in [0.2, 0.25) is 17.7 Å². The van der Waals surface area contributed by atoms with Crippen molar-refractivity contribution in [2.45, 2.75) is 57.0 Å². The van der Waals surface area contributed by atoms with Crippen LogP contribution in [0, 0.1) is 5.41 Å². The molecular weight excluding hydrogens is 522 g/mol. The summed E-state index contributed by atoms with van der Waals surface area (Å²) in [7, 11) is 0. The van der Waals surface area contributed by atoms with E-state index in [1.807, 2.05) is 6.07 Å². The van der Waals surface area contributed by atoms with Gasteiger partial charge in [-0.3, -0.25) is 24.0 Å². The lowest BCUT2D eigenvalue weighted by atomic mass is 9.83. The van der Waals surface area contributed by atoms with E-state index in [9.17, 15) is 33.9 Å². The highest BCUT2D eigenvalue weighted by Crippen LogP contribution is 2.39. The van der Waals surface area contributed by atoms with Crippen molar-refractivity contribution in [3.05, 3.63) is 54.6 Å². The van der Waals surface area contributed by atoms with Crippen LogP contribution in [0.2, 0.25) is 0 Å². The van der Waals surface area contributed by atoms with Crippen LogP contribution in [0.4, 0.5) is 5.69 Å². The molecule has 40 heavy (non-hydrogen) atoms. The maximum atomic E-state index is 13.4. The van der Waals surface area contributed by atoms with Gasteiger partial charge in [-0.05, 0) is 43.5 Å². The fourth-order valence-electron chi connectivity index (χ4n) is 4.49. The highest BCUT2D eigenvalue weighted by molar-refractivity contribution is 6.08. The van der Waals surface area contributed by atoms with Crippen LogP contribution < -0.4 is 20.7 Å². The van der Waals surface area contributed by atoms with Crippen molar-refractivity contribution in [3.63, 3.8) is 0 Å². The van der Waals surface area contributed by atoms with Gasteiger partial charge in [0.05, 0.1) is 12.5 Å². The number of carbonyl (C=O) groups is 6. The number of aldehydes is 1. The Morgan fingerprint density at radius 2 is 1.52 bits per heavy atom. The Balaban J connectivity index is 1.75. The lowest BCUT2D eigenvalue weighted by molar-refractivity contribution is -0.146. The average molecular weight is 554 g/mol. The Morgan fingerprint density at radius 1 is 0.875 bits per heavy atom. The van der Waals surface area contributed by atoms with E-state index < -0.39 is 60.0 Å². The maximum absolute atomic E-state index is 13.4. The van der Waals surface area contributed by atoms with Gasteiger partial charge in [0.1, 0.15) is 29.2 Å². The number of ether oxygens (including phenoxy) is 1. The second-order valence-electron chi connectivity index (χ2n) is 9.49. The number of anilines is 1. The van der Waals surface area contributed by atoms with Crippen LogP contribution >= 0.6 is 0 Å². The number of para-hydroxylation sites is 1. The molecule has 0 aliphatic heterocycles. The number of hydrogen-bond donors (Lipinski definition) is 5. The first-order valence-electron chi connectivity index (χ1n) is 12.8. The van der Waals surface area contributed by atoms with Crippen LogP contribution in [0.3, 0.4) is 0 Å². The molecule has 1 fully saturated rings. The number of nitrogens with one attached hydrogen (secondary N) is 3. The van der Waals surface area contributed by atoms with Gasteiger partial charge in [-0.15, -0.1) is 0 Å². The van der Waals surface area contributed by atoms with E-state index in [4.69, 9.17) is 9.84 Å². The number of hydrogen-bond acceptors (Lipinski definition) is 7. The largest absolute Gasteiger partial charge is 0.481 e. The molecular formula is C28H31N3O9. The Hall–Kier alpha value is -4.74. The smallest absolute Gasteiger partial charge is 0.305 e. The van der Waals surface area contributed by atoms with E-state index in [1.54, 1.807) is 48.5 Å². The van der Waals surface area contributed by atoms with Crippen molar-refractivity contribution < 1.29 is 43.7 Å². The molecule has 12 nitrogen and oxygen atoms in total. The summed E-state index contributed by atoms with van der Waals surface area (Å²) in [5, 5.41) is 25.7. The van der Waals surface area contributed by atoms with Gasteiger partial charge in [0.25, 0.3) is 0 Å². The van der Waals surface area contributed by atoms with Gasteiger partial charge >= 0.3 is 11.9 Å². The number of carboxylic acid groups (broad SMARTS) is 2. The molecule has 2 aromatic rings. The van der Waals surface area contributed by atoms with Gasteiger partial charge in [-0.1, -0.05) is 37.1 Å². The standard InChI is InChI=1S/C28H31N3O9/c32-17-19(16-24(35)36)30-26(38)28(13-4-5-14-28)27(39)31-22(11-12-23(33)34)25(37)29-18-7-6-10-21(15-18)40-20-8-2-1-3-9-20/h1-3,6-10,15,17,19,22H,4-5,11-14,16H2,(H,29,37)(H,30,38)(H,31,39)(H,33,34)(H,35,36). The fraction of sp³-hybridized carbons (Fsp3) is 0.357. The SMILES string of the molecule is O=CC(CC(=O)O)NC(=O)C1(C(=O)NC(CCC(=O)O)C(=O)Nc2cccc(Oc3ccccc3)c2)CCCC1. The van der Waals surface area contributed by atoms with Gasteiger partial charge in [0, 0.05) is 18.2 Å². The predicted octanol–water partition coefficient (Wildman–Crippen LogP) is 2.49. The van der Waals surface area contributed by atoms with Gasteiger partial charge in [0.15, 0.2) is 0 Å². The zero-order chi connectivity index (χ0) is 29.1. The van der Waals surface area contributed by atoms with Crippen molar-refractivity contribution in [1.29, 1.82) is 0 Å². The molecule has 3 rings (SSSR count). The summed E-state index contributed by atoms with van der Waals surface area (Å²) < 4.78 is 5.77. The molecule has 1 aliphatic rings. The number of rotatable bonds is 14. The minimum Gasteiger partial charge on any atom is -0.481 e. The van der Waals surface area contributed by atoms with E-state index in [-0.39, 0.29) is 25.5 Å². The number of aliphatic carboxylic acids is 2. The zero-order valence-electron chi connectivity index (χ0n) is 21.6. The summed E-state index contributed by atoms with van der Waals surface area (Å²) in [4.78, 5) is 73.3. The Morgan fingerprint density at radius 3 is 2.15 bits per heavy atom. The third-order valence-electron chi connectivity index (χ3n) is 6.55.